The van der Waals surface area contributed by atoms with Crippen LogP contribution in [-0.4, -0.2) is 10.2 Å². The lowest BCUT2D eigenvalue weighted by Crippen LogP contribution is -1.92. The van der Waals surface area contributed by atoms with Crippen molar-refractivity contribution in [2.75, 3.05) is 0 Å². The fraction of sp³-hybridized carbons (Fsp3) is 0.600. The van der Waals surface area contributed by atoms with Crippen LogP contribution >= 0.6 is 0 Å². The molecule has 0 bridgehead atoms. The number of furan rings is 1. The van der Waals surface area contributed by atoms with E-state index < -0.39 is 0 Å². The van der Waals surface area contributed by atoms with Gasteiger partial charge in [-0.1, -0.05) is 13.8 Å². The molecule has 74 valence electrons. The number of rotatable bonds is 4. The zero-order chi connectivity index (χ0) is 9.84. The van der Waals surface area contributed by atoms with Gasteiger partial charge in [0.05, 0.1) is 0 Å². The van der Waals surface area contributed by atoms with E-state index in [0.717, 1.165) is 24.0 Å². The summed E-state index contributed by atoms with van der Waals surface area (Å²) in [5.74, 6) is 1.20. The Morgan fingerprint density at radius 3 is 1.54 bits per heavy atom. The molecule has 1 heterocycles. The maximum Gasteiger partial charge on any atom is 0.133 e. The lowest BCUT2D eigenvalue weighted by molar-refractivity contribution is 0.214. The molecule has 13 heavy (non-hydrogen) atoms. The van der Waals surface area contributed by atoms with Gasteiger partial charge in [0.25, 0.3) is 0 Å². The van der Waals surface area contributed by atoms with Crippen molar-refractivity contribution in [3.63, 3.8) is 0 Å². The molecule has 0 atom stereocenters. The zero-order valence-electron chi connectivity index (χ0n) is 8.13. The summed E-state index contributed by atoms with van der Waals surface area (Å²) in [7, 11) is 0. The first-order valence-electron chi connectivity index (χ1n) is 4.62. The van der Waals surface area contributed by atoms with E-state index in [4.69, 9.17) is 14.6 Å². The Hall–Kier alpha value is -0.800. The lowest BCUT2D eigenvalue weighted by Gasteiger charge is -1.98. The van der Waals surface area contributed by atoms with Crippen LogP contribution in [0.5, 0.6) is 0 Å². The molecule has 0 aliphatic rings. The van der Waals surface area contributed by atoms with Crippen molar-refractivity contribution in [3.05, 3.63) is 22.6 Å². The first-order chi connectivity index (χ1) is 6.28. The van der Waals surface area contributed by atoms with Crippen LogP contribution in [0, 0.1) is 0 Å². The van der Waals surface area contributed by atoms with Crippen LogP contribution in [0.3, 0.4) is 0 Å². The maximum absolute atomic E-state index is 9.00. The minimum atomic E-state index is -0.0871. The minimum Gasteiger partial charge on any atom is -0.461 e. The molecule has 0 amide bonds. The van der Waals surface area contributed by atoms with Gasteiger partial charge in [-0.25, -0.2) is 0 Å². The molecular weight excluding hydrogens is 168 g/mol. The molecule has 0 saturated heterocycles. The van der Waals surface area contributed by atoms with Gasteiger partial charge >= 0.3 is 0 Å². The molecule has 1 rings (SSSR count). The van der Waals surface area contributed by atoms with Crippen molar-refractivity contribution in [2.24, 2.45) is 0 Å². The summed E-state index contributed by atoms with van der Waals surface area (Å²) in [4.78, 5) is 0. The van der Waals surface area contributed by atoms with Gasteiger partial charge in [-0.05, 0) is 24.0 Å². The predicted molar refractivity (Wildman–Crippen MR) is 49.3 cm³/mol. The first kappa shape index (κ1) is 10.3. The van der Waals surface area contributed by atoms with Gasteiger partial charge in [0.2, 0.25) is 0 Å². The first-order valence-corrected chi connectivity index (χ1v) is 4.62. The van der Waals surface area contributed by atoms with Crippen LogP contribution in [0.1, 0.15) is 36.5 Å². The normalized spacial score (nSPS) is 10.8. The van der Waals surface area contributed by atoms with Crippen molar-refractivity contribution in [2.45, 2.75) is 39.9 Å². The summed E-state index contributed by atoms with van der Waals surface area (Å²) in [6.07, 6.45) is 1.67. The van der Waals surface area contributed by atoms with Gasteiger partial charge in [-0.3, -0.25) is 0 Å². The second-order valence-electron chi connectivity index (χ2n) is 2.93. The van der Waals surface area contributed by atoms with E-state index in [2.05, 4.69) is 0 Å². The molecule has 0 aliphatic carbocycles. The summed E-state index contributed by atoms with van der Waals surface area (Å²) < 4.78 is 5.33. The van der Waals surface area contributed by atoms with Crippen molar-refractivity contribution in [3.8, 4) is 0 Å². The number of hydrogen-bond acceptors (Lipinski definition) is 3. The Morgan fingerprint density at radius 1 is 0.923 bits per heavy atom. The van der Waals surface area contributed by atoms with Crippen molar-refractivity contribution in [1.82, 2.24) is 0 Å². The molecule has 0 unspecified atom stereocenters. The molecule has 3 nitrogen and oxygen atoms in total. The molecule has 0 fully saturated rings. The SMILES string of the molecule is CCc1c(CO)oc(CO)c1CC. The predicted octanol–water partition coefficient (Wildman–Crippen LogP) is 1.39. The number of aliphatic hydroxyl groups excluding tert-OH is 2. The summed E-state index contributed by atoms with van der Waals surface area (Å²) in [6.45, 7) is 3.86. The highest BCUT2D eigenvalue weighted by atomic mass is 16.4. The quantitative estimate of drug-likeness (QED) is 0.743. The van der Waals surface area contributed by atoms with Crippen LogP contribution < -0.4 is 0 Å². The highest BCUT2D eigenvalue weighted by Gasteiger charge is 2.15. The average Bonchev–Trinajstić information content (AvgIpc) is 2.54. The Labute approximate surface area is 78.0 Å². The van der Waals surface area contributed by atoms with Crippen LogP contribution in [0.25, 0.3) is 0 Å². The molecule has 0 spiro atoms. The summed E-state index contributed by atoms with van der Waals surface area (Å²) in [6, 6.07) is 0. The van der Waals surface area contributed by atoms with E-state index in [0.29, 0.717) is 11.5 Å². The Balaban J connectivity index is 3.17. The molecule has 0 aliphatic heterocycles. The van der Waals surface area contributed by atoms with E-state index in [1.807, 2.05) is 13.8 Å². The third kappa shape index (κ3) is 1.76. The smallest absolute Gasteiger partial charge is 0.133 e. The van der Waals surface area contributed by atoms with Crippen molar-refractivity contribution in [1.29, 1.82) is 0 Å². The molecule has 2 N–H and O–H groups in total. The summed E-state index contributed by atoms with van der Waals surface area (Å²) in [5, 5.41) is 18.0. The monoisotopic (exact) mass is 184 g/mol. The third-order valence-electron chi connectivity index (χ3n) is 2.28. The number of aliphatic hydroxyl groups is 2. The van der Waals surface area contributed by atoms with Crippen molar-refractivity contribution < 1.29 is 14.6 Å². The standard InChI is InChI=1S/C10H16O3/c1-3-7-8(4-2)10(6-12)13-9(7)5-11/h11-12H,3-6H2,1-2H3. The molecule has 0 saturated carbocycles. The molecular formula is C10H16O3. The second-order valence-corrected chi connectivity index (χ2v) is 2.93. The zero-order valence-corrected chi connectivity index (χ0v) is 8.13. The van der Waals surface area contributed by atoms with Gasteiger partial charge in [-0.2, -0.15) is 0 Å². The van der Waals surface area contributed by atoms with Crippen LogP contribution in [0.4, 0.5) is 0 Å². The highest BCUT2D eigenvalue weighted by molar-refractivity contribution is 5.33. The Bertz CT molecular complexity index is 249. The van der Waals surface area contributed by atoms with E-state index >= 15 is 0 Å². The van der Waals surface area contributed by atoms with Crippen LogP contribution in [-0.2, 0) is 26.1 Å². The summed E-state index contributed by atoms with van der Waals surface area (Å²) >= 11 is 0. The fourth-order valence-corrected chi connectivity index (χ4v) is 1.69. The Kier molecular flexibility index (Phi) is 3.51. The molecule has 0 aromatic carbocycles. The molecule has 0 radical (unpaired) electrons. The van der Waals surface area contributed by atoms with Gasteiger partial charge < -0.3 is 14.6 Å². The van der Waals surface area contributed by atoms with E-state index in [9.17, 15) is 0 Å². The van der Waals surface area contributed by atoms with Gasteiger partial charge in [-0.15, -0.1) is 0 Å². The molecule has 1 aromatic rings. The largest absolute Gasteiger partial charge is 0.461 e. The van der Waals surface area contributed by atoms with Crippen molar-refractivity contribution >= 4 is 0 Å². The minimum absolute atomic E-state index is 0.0871. The highest BCUT2D eigenvalue weighted by Crippen LogP contribution is 2.24. The lowest BCUT2D eigenvalue weighted by atomic mass is 10.0. The topological polar surface area (TPSA) is 53.6 Å². The fourth-order valence-electron chi connectivity index (χ4n) is 1.69. The van der Waals surface area contributed by atoms with Crippen LogP contribution in [0.15, 0.2) is 4.42 Å². The van der Waals surface area contributed by atoms with Gasteiger partial charge in [0, 0.05) is 0 Å². The average molecular weight is 184 g/mol. The third-order valence-corrected chi connectivity index (χ3v) is 2.28. The number of hydrogen-bond donors (Lipinski definition) is 2. The van der Waals surface area contributed by atoms with Crippen LogP contribution in [0.2, 0.25) is 0 Å². The second kappa shape index (κ2) is 4.44. The van der Waals surface area contributed by atoms with Gasteiger partial charge in [0.1, 0.15) is 24.7 Å². The Morgan fingerprint density at radius 2 is 1.31 bits per heavy atom. The maximum atomic E-state index is 9.00. The van der Waals surface area contributed by atoms with E-state index in [1.54, 1.807) is 0 Å². The van der Waals surface area contributed by atoms with Gasteiger partial charge in [0.15, 0.2) is 0 Å². The van der Waals surface area contributed by atoms with E-state index in [1.165, 1.54) is 0 Å². The molecule has 3 heteroatoms. The summed E-state index contributed by atoms with van der Waals surface area (Å²) in [5.41, 5.74) is 2.10. The van der Waals surface area contributed by atoms with E-state index in [-0.39, 0.29) is 13.2 Å². The molecule has 1 aromatic heterocycles.